The molecule has 0 aliphatic rings. The van der Waals surface area contributed by atoms with Gasteiger partial charge in [0.1, 0.15) is 24.0 Å². The fourth-order valence-corrected chi connectivity index (χ4v) is 3.07. The van der Waals surface area contributed by atoms with Crippen LogP contribution in [-0.4, -0.2) is 18.5 Å². The number of anilines is 1. The number of esters is 1. The maximum absolute atomic E-state index is 14.5. The molecule has 0 bridgehead atoms. The third kappa shape index (κ3) is 6.14. The van der Waals surface area contributed by atoms with Crippen molar-refractivity contribution in [3.63, 3.8) is 0 Å². The van der Waals surface area contributed by atoms with Crippen LogP contribution in [0.25, 0.3) is 0 Å². The summed E-state index contributed by atoms with van der Waals surface area (Å²) in [6.07, 6.45) is -0.0528. The van der Waals surface area contributed by atoms with Crippen LogP contribution in [0.2, 0.25) is 0 Å². The molecule has 1 amide bonds. The third-order valence-electron chi connectivity index (χ3n) is 4.68. The van der Waals surface area contributed by atoms with Gasteiger partial charge in [-0.3, -0.25) is 9.59 Å². The first-order valence-electron chi connectivity index (χ1n) is 10.1. The van der Waals surface area contributed by atoms with E-state index in [1.54, 1.807) is 50.2 Å². The van der Waals surface area contributed by atoms with Gasteiger partial charge in [-0.05, 0) is 66.9 Å². The Kier molecular flexibility index (Phi) is 7.54. The van der Waals surface area contributed by atoms with Gasteiger partial charge in [0.25, 0.3) is 5.91 Å². The minimum absolute atomic E-state index is 0.00640. The molecular formula is C25H23F2NO4. The van der Waals surface area contributed by atoms with Crippen molar-refractivity contribution < 1.29 is 27.8 Å². The number of nitrogens with one attached hydrogen (secondary N) is 1. The van der Waals surface area contributed by atoms with Gasteiger partial charge in [0.2, 0.25) is 0 Å². The molecular weight excluding hydrogens is 416 g/mol. The molecule has 0 aromatic heterocycles. The number of benzene rings is 3. The zero-order valence-electron chi connectivity index (χ0n) is 17.8. The first-order chi connectivity index (χ1) is 15.4. The Morgan fingerprint density at radius 1 is 0.969 bits per heavy atom. The Morgan fingerprint density at radius 3 is 2.50 bits per heavy atom. The van der Waals surface area contributed by atoms with E-state index in [0.29, 0.717) is 28.0 Å². The van der Waals surface area contributed by atoms with Crippen LogP contribution in [0.4, 0.5) is 14.5 Å². The molecule has 3 aromatic rings. The van der Waals surface area contributed by atoms with Crippen LogP contribution in [0, 0.1) is 18.6 Å². The van der Waals surface area contributed by atoms with Crippen molar-refractivity contribution in [3.05, 3.63) is 94.6 Å². The lowest BCUT2D eigenvalue weighted by molar-refractivity contribution is -0.142. The number of amides is 1. The number of hydrogen-bond donors (Lipinski definition) is 1. The highest BCUT2D eigenvalue weighted by Crippen LogP contribution is 2.22. The maximum atomic E-state index is 14.5. The maximum Gasteiger partial charge on any atom is 0.310 e. The fourth-order valence-electron chi connectivity index (χ4n) is 3.07. The number of hydrogen-bond acceptors (Lipinski definition) is 4. The second kappa shape index (κ2) is 10.5. The summed E-state index contributed by atoms with van der Waals surface area (Å²) in [5.74, 6) is -1.54. The van der Waals surface area contributed by atoms with Gasteiger partial charge in [-0.2, -0.15) is 0 Å². The normalized spacial score (nSPS) is 10.5. The van der Waals surface area contributed by atoms with E-state index in [4.69, 9.17) is 9.47 Å². The molecule has 0 radical (unpaired) electrons. The summed E-state index contributed by atoms with van der Waals surface area (Å²) in [5.41, 5.74) is 2.09. The minimum atomic E-state index is -0.656. The van der Waals surface area contributed by atoms with Crippen LogP contribution in [0.15, 0.2) is 60.7 Å². The Balaban J connectivity index is 1.69. The smallest absolute Gasteiger partial charge is 0.310 e. The van der Waals surface area contributed by atoms with Crippen molar-refractivity contribution in [1.82, 2.24) is 0 Å². The SMILES string of the molecule is CCOC(=O)Cc1ccc(NC(=O)c2cc(OCc3cccc(F)c3)ccc2C)c(F)c1. The number of carbonyl (C=O) groups excluding carboxylic acids is 2. The number of aryl methyl sites for hydroxylation is 1. The summed E-state index contributed by atoms with van der Waals surface area (Å²) < 4.78 is 38.3. The Bertz CT molecular complexity index is 1130. The standard InChI is InChI=1S/C25H23F2NO4/c1-3-31-24(29)13-17-8-10-23(22(27)12-17)28-25(30)21-14-20(9-7-16(21)2)32-15-18-5-4-6-19(26)11-18/h4-12,14H,3,13,15H2,1-2H3,(H,28,30). The van der Waals surface area contributed by atoms with Crippen molar-refractivity contribution in [2.24, 2.45) is 0 Å². The van der Waals surface area contributed by atoms with E-state index in [-0.39, 0.29) is 31.1 Å². The van der Waals surface area contributed by atoms with Crippen molar-refractivity contribution in [1.29, 1.82) is 0 Å². The molecule has 0 unspecified atom stereocenters. The fraction of sp³-hybridized carbons (Fsp3) is 0.200. The first kappa shape index (κ1) is 22.9. The van der Waals surface area contributed by atoms with Crippen molar-refractivity contribution >= 4 is 17.6 Å². The van der Waals surface area contributed by atoms with Gasteiger partial charge in [0, 0.05) is 5.56 Å². The predicted molar refractivity (Wildman–Crippen MR) is 117 cm³/mol. The second-order valence-corrected chi connectivity index (χ2v) is 7.15. The van der Waals surface area contributed by atoms with Crippen LogP contribution in [0.3, 0.4) is 0 Å². The predicted octanol–water partition coefficient (Wildman–Crippen LogP) is 5.21. The van der Waals surface area contributed by atoms with E-state index in [1.807, 2.05) is 0 Å². The van der Waals surface area contributed by atoms with E-state index in [2.05, 4.69) is 5.32 Å². The van der Waals surface area contributed by atoms with Crippen molar-refractivity contribution in [2.45, 2.75) is 26.9 Å². The Hall–Kier alpha value is -3.74. The molecule has 5 nitrogen and oxygen atoms in total. The van der Waals surface area contributed by atoms with Gasteiger partial charge < -0.3 is 14.8 Å². The Morgan fingerprint density at radius 2 is 1.78 bits per heavy atom. The highest BCUT2D eigenvalue weighted by molar-refractivity contribution is 6.05. The van der Waals surface area contributed by atoms with Crippen LogP contribution < -0.4 is 10.1 Å². The van der Waals surface area contributed by atoms with Gasteiger partial charge in [-0.25, -0.2) is 8.78 Å². The van der Waals surface area contributed by atoms with Crippen LogP contribution in [0.1, 0.15) is 34.0 Å². The van der Waals surface area contributed by atoms with Gasteiger partial charge in [-0.1, -0.05) is 24.3 Å². The van der Waals surface area contributed by atoms with E-state index < -0.39 is 17.7 Å². The molecule has 0 saturated heterocycles. The molecule has 0 atom stereocenters. The average molecular weight is 439 g/mol. The lowest BCUT2D eigenvalue weighted by Crippen LogP contribution is -2.15. The lowest BCUT2D eigenvalue weighted by atomic mass is 10.1. The summed E-state index contributed by atoms with van der Waals surface area (Å²) in [6, 6.07) is 15.2. The summed E-state index contributed by atoms with van der Waals surface area (Å²) in [5, 5.41) is 2.55. The highest BCUT2D eigenvalue weighted by atomic mass is 19.1. The van der Waals surface area contributed by atoms with E-state index in [1.165, 1.54) is 24.3 Å². The number of halogens is 2. The molecule has 3 rings (SSSR count). The first-order valence-corrected chi connectivity index (χ1v) is 10.1. The summed E-state index contributed by atoms with van der Waals surface area (Å²) in [7, 11) is 0. The zero-order chi connectivity index (χ0) is 23.1. The zero-order valence-corrected chi connectivity index (χ0v) is 17.8. The third-order valence-corrected chi connectivity index (χ3v) is 4.68. The van der Waals surface area contributed by atoms with Gasteiger partial charge in [0.05, 0.1) is 18.7 Å². The largest absolute Gasteiger partial charge is 0.489 e. The molecule has 166 valence electrons. The molecule has 1 N–H and O–H groups in total. The Labute approximate surface area is 185 Å². The molecule has 0 saturated carbocycles. The second-order valence-electron chi connectivity index (χ2n) is 7.15. The highest BCUT2D eigenvalue weighted by Gasteiger charge is 2.14. The molecule has 7 heteroatoms. The van der Waals surface area contributed by atoms with Gasteiger partial charge in [0.15, 0.2) is 0 Å². The number of carbonyl (C=O) groups is 2. The van der Waals surface area contributed by atoms with Crippen LogP contribution in [0.5, 0.6) is 5.75 Å². The number of ether oxygens (including phenoxy) is 2. The molecule has 3 aromatic carbocycles. The summed E-state index contributed by atoms with van der Waals surface area (Å²) in [6.45, 7) is 3.84. The molecule has 0 heterocycles. The topological polar surface area (TPSA) is 64.6 Å². The summed E-state index contributed by atoms with van der Waals surface area (Å²) in [4.78, 5) is 24.3. The quantitative estimate of drug-likeness (QED) is 0.490. The van der Waals surface area contributed by atoms with Crippen molar-refractivity contribution in [3.8, 4) is 5.75 Å². The van der Waals surface area contributed by atoms with Gasteiger partial charge in [-0.15, -0.1) is 0 Å². The van der Waals surface area contributed by atoms with Gasteiger partial charge >= 0.3 is 5.97 Å². The minimum Gasteiger partial charge on any atom is -0.489 e. The summed E-state index contributed by atoms with van der Waals surface area (Å²) >= 11 is 0. The van der Waals surface area contributed by atoms with E-state index in [9.17, 15) is 18.4 Å². The molecule has 0 aliphatic carbocycles. The molecule has 0 fully saturated rings. The molecule has 0 spiro atoms. The molecule has 0 aliphatic heterocycles. The van der Waals surface area contributed by atoms with E-state index >= 15 is 0 Å². The van der Waals surface area contributed by atoms with Crippen molar-refractivity contribution in [2.75, 3.05) is 11.9 Å². The monoisotopic (exact) mass is 439 g/mol. The lowest BCUT2D eigenvalue weighted by Gasteiger charge is -2.12. The number of rotatable bonds is 8. The molecule has 32 heavy (non-hydrogen) atoms. The van der Waals surface area contributed by atoms with Crippen LogP contribution >= 0.6 is 0 Å². The van der Waals surface area contributed by atoms with Crippen LogP contribution in [-0.2, 0) is 22.6 Å². The average Bonchev–Trinajstić information content (AvgIpc) is 2.75. The van der Waals surface area contributed by atoms with E-state index in [0.717, 1.165) is 0 Å².